The minimum atomic E-state index is -0.784. The fourth-order valence-corrected chi connectivity index (χ4v) is 1.82. The monoisotopic (exact) mass is 214 g/mol. The van der Waals surface area contributed by atoms with Gasteiger partial charge in [-0.25, -0.2) is 4.98 Å². The number of nitrogens with zero attached hydrogens (tertiary/aromatic N) is 2. The molecule has 0 aliphatic rings. The highest BCUT2D eigenvalue weighted by Gasteiger charge is 2.09. The van der Waals surface area contributed by atoms with Crippen LogP contribution >= 0.6 is 11.3 Å². The van der Waals surface area contributed by atoms with Crippen LogP contribution in [0.1, 0.15) is 19.0 Å². The molecule has 1 aromatic rings. The summed E-state index contributed by atoms with van der Waals surface area (Å²) in [6, 6.07) is 0. The molecule has 1 heterocycles. The molecule has 0 aliphatic carbocycles. The molecule has 0 amide bonds. The van der Waals surface area contributed by atoms with Gasteiger partial charge >= 0.3 is 5.97 Å². The fraction of sp³-hybridized carbons (Fsp3) is 0.556. The highest BCUT2D eigenvalue weighted by molar-refractivity contribution is 7.07. The molecule has 4 nitrogen and oxygen atoms in total. The van der Waals surface area contributed by atoms with Crippen molar-refractivity contribution in [1.29, 1.82) is 0 Å². The average Bonchev–Trinajstić information content (AvgIpc) is 2.56. The van der Waals surface area contributed by atoms with E-state index in [9.17, 15) is 4.79 Å². The van der Waals surface area contributed by atoms with Gasteiger partial charge in [0.2, 0.25) is 0 Å². The lowest BCUT2D eigenvalue weighted by molar-refractivity contribution is -0.138. The molecule has 1 aromatic heterocycles. The van der Waals surface area contributed by atoms with Crippen LogP contribution in [0.25, 0.3) is 0 Å². The van der Waals surface area contributed by atoms with Crippen molar-refractivity contribution in [3.8, 4) is 0 Å². The molecular weight excluding hydrogens is 200 g/mol. The van der Waals surface area contributed by atoms with Crippen molar-refractivity contribution in [2.24, 2.45) is 0 Å². The Morgan fingerprint density at radius 3 is 3.00 bits per heavy atom. The summed E-state index contributed by atoms with van der Waals surface area (Å²) in [6.45, 7) is 3.55. The molecule has 0 saturated carbocycles. The van der Waals surface area contributed by atoms with Gasteiger partial charge in [0.15, 0.2) is 0 Å². The van der Waals surface area contributed by atoms with Crippen LogP contribution < -0.4 is 0 Å². The Kier molecular flexibility index (Phi) is 4.55. The standard InChI is InChI=1S/C9H14N2O2S/c1-2-3-11(5-9(12)13)4-8-6-14-7-10-8/h6-7H,2-5H2,1H3,(H,12,13). The second-order valence-corrected chi connectivity index (χ2v) is 3.80. The van der Waals surface area contributed by atoms with Crippen LogP contribution in [-0.2, 0) is 11.3 Å². The molecule has 1 rings (SSSR count). The van der Waals surface area contributed by atoms with E-state index in [1.54, 1.807) is 5.51 Å². The largest absolute Gasteiger partial charge is 0.480 e. The molecular formula is C9H14N2O2S. The highest BCUT2D eigenvalue weighted by atomic mass is 32.1. The number of thiazole rings is 1. The quantitative estimate of drug-likeness (QED) is 0.778. The van der Waals surface area contributed by atoms with E-state index < -0.39 is 5.97 Å². The number of carboxylic acid groups (broad SMARTS) is 1. The van der Waals surface area contributed by atoms with Gasteiger partial charge < -0.3 is 5.11 Å². The van der Waals surface area contributed by atoms with Gasteiger partial charge in [0.1, 0.15) is 0 Å². The summed E-state index contributed by atoms with van der Waals surface area (Å²) in [5, 5.41) is 10.6. The maximum Gasteiger partial charge on any atom is 0.317 e. The molecule has 0 saturated heterocycles. The summed E-state index contributed by atoms with van der Waals surface area (Å²) in [6.07, 6.45) is 0.956. The Hall–Kier alpha value is -0.940. The van der Waals surface area contributed by atoms with E-state index in [0.717, 1.165) is 18.7 Å². The summed E-state index contributed by atoms with van der Waals surface area (Å²) in [4.78, 5) is 16.6. The van der Waals surface area contributed by atoms with Crippen molar-refractivity contribution in [1.82, 2.24) is 9.88 Å². The minimum absolute atomic E-state index is 0.0887. The predicted molar refractivity (Wildman–Crippen MR) is 55.3 cm³/mol. The Morgan fingerprint density at radius 2 is 2.50 bits per heavy atom. The second-order valence-electron chi connectivity index (χ2n) is 3.08. The molecule has 5 heteroatoms. The van der Waals surface area contributed by atoms with Crippen molar-refractivity contribution in [3.63, 3.8) is 0 Å². The lowest BCUT2D eigenvalue weighted by atomic mass is 10.3. The SMILES string of the molecule is CCCN(CC(=O)O)Cc1cscn1. The smallest absolute Gasteiger partial charge is 0.317 e. The lowest BCUT2D eigenvalue weighted by Gasteiger charge is -2.17. The van der Waals surface area contributed by atoms with Gasteiger partial charge in [-0.05, 0) is 13.0 Å². The maximum absolute atomic E-state index is 10.6. The zero-order valence-corrected chi connectivity index (χ0v) is 8.96. The molecule has 0 aliphatic heterocycles. The van der Waals surface area contributed by atoms with Crippen LogP contribution in [-0.4, -0.2) is 34.0 Å². The zero-order chi connectivity index (χ0) is 10.4. The van der Waals surface area contributed by atoms with Crippen LogP contribution in [0.5, 0.6) is 0 Å². The molecule has 0 spiro atoms. The van der Waals surface area contributed by atoms with E-state index in [1.807, 2.05) is 17.2 Å². The second kappa shape index (κ2) is 5.72. The topological polar surface area (TPSA) is 53.4 Å². The molecule has 78 valence electrons. The third-order valence-electron chi connectivity index (χ3n) is 1.77. The first-order valence-electron chi connectivity index (χ1n) is 4.53. The number of carbonyl (C=O) groups is 1. The number of hydrogen-bond donors (Lipinski definition) is 1. The fourth-order valence-electron chi connectivity index (χ4n) is 1.27. The molecule has 0 atom stereocenters. The summed E-state index contributed by atoms with van der Waals surface area (Å²) >= 11 is 1.53. The van der Waals surface area contributed by atoms with Gasteiger partial charge in [0.25, 0.3) is 0 Å². The van der Waals surface area contributed by atoms with Crippen LogP contribution in [0.3, 0.4) is 0 Å². The van der Waals surface area contributed by atoms with E-state index >= 15 is 0 Å². The van der Waals surface area contributed by atoms with Crippen molar-refractivity contribution in [2.45, 2.75) is 19.9 Å². The predicted octanol–water partition coefficient (Wildman–Crippen LogP) is 1.44. The number of aliphatic carboxylic acids is 1. The first-order chi connectivity index (χ1) is 6.72. The van der Waals surface area contributed by atoms with E-state index in [1.165, 1.54) is 11.3 Å². The van der Waals surface area contributed by atoms with Crippen molar-refractivity contribution < 1.29 is 9.90 Å². The molecule has 1 N–H and O–H groups in total. The normalized spacial score (nSPS) is 10.7. The van der Waals surface area contributed by atoms with Crippen LogP contribution in [0, 0.1) is 0 Å². The van der Waals surface area contributed by atoms with Crippen LogP contribution in [0.15, 0.2) is 10.9 Å². The van der Waals surface area contributed by atoms with Gasteiger partial charge in [0.05, 0.1) is 17.7 Å². The van der Waals surface area contributed by atoms with Gasteiger partial charge in [-0.1, -0.05) is 6.92 Å². The molecule has 0 radical (unpaired) electrons. The maximum atomic E-state index is 10.6. The number of carboxylic acids is 1. The zero-order valence-electron chi connectivity index (χ0n) is 8.14. The van der Waals surface area contributed by atoms with E-state index in [4.69, 9.17) is 5.11 Å². The van der Waals surface area contributed by atoms with Gasteiger partial charge in [-0.2, -0.15) is 0 Å². The Labute approximate surface area is 87.2 Å². The Bertz CT molecular complexity index is 274. The average molecular weight is 214 g/mol. The van der Waals surface area contributed by atoms with E-state index in [-0.39, 0.29) is 6.54 Å². The first kappa shape index (κ1) is 11.1. The molecule has 0 unspecified atom stereocenters. The third kappa shape index (κ3) is 3.85. The molecule has 0 aromatic carbocycles. The number of hydrogen-bond acceptors (Lipinski definition) is 4. The number of aromatic nitrogens is 1. The third-order valence-corrected chi connectivity index (χ3v) is 2.40. The first-order valence-corrected chi connectivity index (χ1v) is 5.48. The molecule has 14 heavy (non-hydrogen) atoms. The van der Waals surface area contributed by atoms with Crippen LogP contribution in [0.4, 0.5) is 0 Å². The Balaban J connectivity index is 2.46. The van der Waals surface area contributed by atoms with E-state index in [2.05, 4.69) is 4.98 Å². The van der Waals surface area contributed by atoms with Crippen LogP contribution in [0.2, 0.25) is 0 Å². The van der Waals surface area contributed by atoms with Gasteiger partial charge in [-0.3, -0.25) is 9.69 Å². The summed E-state index contributed by atoms with van der Waals surface area (Å²) in [5.41, 5.74) is 2.71. The summed E-state index contributed by atoms with van der Waals surface area (Å²) < 4.78 is 0. The lowest BCUT2D eigenvalue weighted by Crippen LogP contribution is -2.30. The van der Waals surface area contributed by atoms with Crippen molar-refractivity contribution in [2.75, 3.05) is 13.1 Å². The molecule has 0 bridgehead atoms. The Morgan fingerprint density at radius 1 is 1.71 bits per heavy atom. The highest BCUT2D eigenvalue weighted by Crippen LogP contribution is 2.05. The van der Waals surface area contributed by atoms with Crippen molar-refractivity contribution in [3.05, 3.63) is 16.6 Å². The van der Waals surface area contributed by atoms with E-state index in [0.29, 0.717) is 6.54 Å². The number of rotatable bonds is 6. The van der Waals surface area contributed by atoms with Crippen molar-refractivity contribution >= 4 is 17.3 Å². The van der Waals surface area contributed by atoms with Gasteiger partial charge in [0, 0.05) is 11.9 Å². The minimum Gasteiger partial charge on any atom is -0.480 e. The van der Waals surface area contributed by atoms with Gasteiger partial charge in [-0.15, -0.1) is 11.3 Å². The summed E-state index contributed by atoms with van der Waals surface area (Å²) in [5.74, 6) is -0.784. The molecule has 0 fully saturated rings. The summed E-state index contributed by atoms with van der Waals surface area (Å²) in [7, 11) is 0.